The standard InChI is InChI=1S/C19H17F2NO5/c20-14-7-6-13(10-15(14)21)27-17(12-4-2-1-3-5-12)18(23)22-8-9-26-16(11-22)19(24)25/h1-7,10,16-17H,8-9,11H2,(H,24,25). The van der Waals surface area contributed by atoms with E-state index in [9.17, 15) is 18.4 Å². The maximum Gasteiger partial charge on any atom is 0.334 e. The number of amides is 1. The molecule has 27 heavy (non-hydrogen) atoms. The molecule has 0 radical (unpaired) electrons. The first-order chi connectivity index (χ1) is 13.0. The molecular weight excluding hydrogens is 360 g/mol. The first kappa shape index (κ1) is 18.8. The summed E-state index contributed by atoms with van der Waals surface area (Å²) in [4.78, 5) is 25.5. The normalized spacial score (nSPS) is 18.0. The van der Waals surface area contributed by atoms with Gasteiger partial charge in [-0.25, -0.2) is 13.6 Å². The van der Waals surface area contributed by atoms with Gasteiger partial charge in [-0.3, -0.25) is 4.79 Å². The van der Waals surface area contributed by atoms with Gasteiger partial charge in [0.2, 0.25) is 6.10 Å². The molecule has 0 aliphatic carbocycles. The largest absolute Gasteiger partial charge is 0.479 e. The van der Waals surface area contributed by atoms with Crippen molar-refractivity contribution < 1.29 is 33.0 Å². The Bertz CT molecular complexity index is 830. The van der Waals surface area contributed by atoms with Crippen molar-refractivity contribution in [3.63, 3.8) is 0 Å². The molecule has 0 bridgehead atoms. The molecule has 1 amide bonds. The van der Waals surface area contributed by atoms with Crippen LogP contribution in [0.1, 0.15) is 11.7 Å². The first-order valence-electron chi connectivity index (χ1n) is 8.25. The maximum atomic E-state index is 13.5. The van der Waals surface area contributed by atoms with E-state index in [4.69, 9.17) is 14.6 Å². The minimum atomic E-state index is -1.16. The quantitative estimate of drug-likeness (QED) is 0.866. The van der Waals surface area contributed by atoms with Crippen LogP contribution in [0.3, 0.4) is 0 Å². The summed E-state index contributed by atoms with van der Waals surface area (Å²) in [5.74, 6) is -3.78. The number of aliphatic carboxylic acids is 1. The Hall–Kier alpha value is -3.00. The summed E-state index contributed by atoms with van der Waals surface area (Å²) in [6.07, 6.45) is -2.26. The molecule has 1 N–H and O–H groups in total. The Kier molecular flexibility index (Phi) is 5.66. The lowest BCUT2D eigenvalue weighted by Gasteiger charge is -2.33. The predicted molar refractivity (Wildman–Crippen MR) is 90.1 cm³/mol. The van der Waals surface area contributed by atoms with Gasteiger partial charge in [-0.2, -0.15) is 0 Å². The van der Waals surface area contributed by atoms with E-state index < -0.39 is 35.7 Å². The summed E-state index contributed by atoms with van der Waals surface area (Å²) >= 11 is 0. The van der Waals surface area contributed by atoms with Crippen molar-refractivity contribution in [2.45, 2.75) is 12.2 Å². The highest BCUT2D eigenvalue weighted by Gasteiger charge is 2.34. The number of carboxylic acids is 1. The van der Waals surface area contributed by atoms with Gasteiger partial charge in [0.25, 0.3) is 5.91 Å². The number of halogens is 2. The third-order valence-electron chi connectivity index (χ3n) is 4.13. The number of hydrogen-bond donors (Lipinski definition) is 1. The molecule has 6 nitrogen and oxygen atoms in total. The second-order valence-corrected chi connectivity index (χ2v) is 5.97. The Labute approximate surface area is 153 Å². The van der Waals surface area contributed by atoms with Crippen molar-refractivity contribution in [1.29, 1.82) is 0 Å². The number of morpholine rings is 1. The van der Waals surface area contributed by atoms with Crippen molar-refractivity contribution >= 4 is 11.9 Å². The number of hydrogen-bond acceptors (Lipinski definition) is 4. The number of rotatable bonds is 5. The van der Waals surface area contributed by atoms with Crippen LogP contribution in [0.25, 0.3) is 0 Å². The van der Waals surface area contributed by atoms with Gasteiger partial charge in [-0.1, -0.05) is 30.3 Å². The molecule has 2 atom stereocenters. The van der Waals surface area contributed by atoms with E-state index >= 15 is 0 Å². The molecule has 1 saturated heterocycles. The monoisotopic (exact) mass is 377 g/mol. The van der Waals surface area contributed by atoms with Gasteiger partial charge >= 0.3 is 5.97 Å². The van der Waals surface area contributed by atoms with Crippen LogP contribution in [0, 0.1) is 11.6 Å². The molecule has 1 heterocycles. The number of carbonyl (C=O) groups is 2. The molecule has 142 valence electrons. The summed E-state index contributed by atoms with van der Waals surface area (Å²) in [7, 11) is 0. The molecule has 0 aromatic heterocycles. The van der Waals surface area contributed by atoms with Gasteiger partial charge < -0.3 is 19.5 Å². The fourth-order valence-corrected chi connectivity index (χ4v) is 2.74. The average Bonchev–Trinajstić information content (AvgIpc) is 2.69. The third kappa shape index (κ3) is 4.40. The van der Waals surface area contributed by atoms with Crippen LogP contribution in [0.4, 0.5) is 8.78 Å². The van der Waals surface area contributed by atoms with E-state index in [2.05, 4.69) is 0 Å². The van der Waals surface area contributed by atoms with Gasteiger partial charge in [0.1, 0.15) is 5.75 Å². The highest BCUT2D eigenvalue weighted by molar-refractivity contribution is 5.84. The molecule has 1 aliphatic heterocycles. The topological polar surface area (TPSA) is 76.1 Å². The van der Waals surface area contributed by atoms with Crippen LogP contribution in [0.5, 0.6) is 5.75 Å². The van der Waals surface area contributed by atoms with Gasteiger partial charge in [0, 0.05) is 18.2 Å². The number of carbonyl (C=O) groups excluding carboxylic acids is 1. The average molecular weight is 377 g/mol. The zero-order valence-corrected chi connectivity index (χ0v) is 14.2. The van der Waals surface area contributed by atoms with Gasteiger partial charge in [-0.15, -0.1) is 0 Å². The van der Waals surface area contributed by atoms with E-state index in [1.165, 1.54) is 11.0 Å². The van der Waals surface area contributed by atoms with Crippen LogP contribution in [-0.4, -0.2) is 47.7 Å². The number of nitrogens with zero attached hydrogens (tertiary/aromatic N) is 1. The van der Waals surface area contributed by atoms with E-state index in [0.717, 1.165) is 12.1 Å². The Balaban J connectivity index is 1.86. The summed E-state index contributed by atoms with van der Waals surface area (Å²) in [5.41, 5.74) is 0.505. The fraction of sp³-hybridized carbons (Fsp3) is 0.263. The van der Waals surface area contributed by atoms with Crippen molar-refractivity contribution in [3.05, 3.63) is 65.7 Å². The lowest BCUT2D eigenvalue weighted by molar-refractivity contribution is -0.161. The van der Waals surface area contributed by atoms with E-state index in [1.807, 2.05) is 0 Å². The summed E-state index contributed by atoms with van der Waals surface area (Å²) in [5, 5.41) is 9.11. The van der Waals surface area contributed by atoms with Crippen LogP contribution in [0.15, 0.2) is 48.5 Å². The van der Waals surface area contributed by atoms with Crippen LogP contribution in [-0.2, 0) is 14.3 Å². The molecule has 8 heteroatoms. The second-order valence-electron chi connectivity index (χ2n) is 5.97. The molecule has 0 spiro atoms. The molecule has 2 aromatic rings. The lowest BCUT2D eigenvalue weighted by atomic mass is 10.1. The van der Waals surface area contributed by atoms with Crippen molar-refractivity contribution in [2.24, 2.45) is 0 Å². The zero-order chi connectivity index (χ0) is 19.4. The maximum absolute atomic E-state index is 13.5. The lowest BCUT2D eigenvalue weighted by Crippen LogP contribution is -2.50. The minimum absolute atomic E-state index is 0.0147. The van der Waals surface area contributed by atoms with Gasteiger partial charge in [0.15, 0.2) is 17.7 Å². The number of carboxylic acid groups (broad SMARTS) is 1. The van der Waals surface area contributed by atoms with E-state index in [0.29, 0.717) is 5.56 Å². The van der Waals surface area contributed by atoms with Gasteiger partial charge in [0.05, 0.1) is 13.2 Å². The molecule has 2 aromatic carbocycles. The molecule has 2 unspecified atom stereocenters. The molecule has 1 aliphatic rings. The summed E-state index contributed by atoms with van der Waals surface area (Å²) < 4.78 is 37.4. The zero-order valence-electron chi connectivity index (χ0n) is 14.2. The highest BCUT2D eigenvalue weighted by Crippen LogP contribution is 2.26. The van der Waals surface area contributed by atoms with Crippen LogP contribution < -0.4 is 4.74 Å². The summed E-state index contributed by atoms with van der Waals surface area (Å²) in [6, 6.07) is 11.5. The number of ether oxygens (including phenoxy) is 2. The van der Waals surface area contributed by atoms with Crippen molar-refractivity contribution in [2.75, 3.05) is 19.7 Å². The predicted octanol–water partition coefficient (Wildman–Crippen LogP) is 2.40. The highest BCUT2D eigenvalue weighted by atomic mass is 19.2. The smallest absolute Gasteiger partial charge is 0.334 e. The van der Waals surface area contributed by atoms with Crippen LogP contribution in [0.2, 0.25) is 0 Å². The molecular formula is C19H17F2NO5. The van der Waals surface area contributed by atoms with E-state index in [-0.39, 0.29) is 25.4 Å². The molecule has 3 rings (SSSR count). The summed E-state index contributed by atoms with van der Waals surface area (Å²) in [6.45, 7) is 0.154. The molecule has 1 fully saturated rings. The third-order valence-corrected chi connectivity index (χ3v) is 4.13. The number of benzene rings is 2. The Morgan fingerprint density at radius 1 is 1.15 bits per heavy atom. The van der Waals surface area contributed by atoms with Crippen molar-refractivity contribution in [1.82, 2.24) is 4.90 Å². The SMILES string of the molecule is O=C(O)C1CN(C(=O)C(Oc2ccc(F)c(F)c2)c2ccccc2)CCO1. The fourth-order valence-electron chi connectivity index (χ4n) is 2.74. The first-order valence-corrected chi connectivity index (χ1v) is 8.25. The van der Waals surface area contributed by atoms with Crippen LogP contribution >= 0.6 is 0 Å². The Morgan fingerprint density at radius 2 is 1.89 bits per heavy atom. The van der Waals surface area contributed by atoms with Crippen molar-refractivity contribution in [3.8, 4) is 5.75 Å². The van der Waals surface area contributed by atoms with E-state index in [1.54, 1.807) is 30.3 Å². The Morgan fingerprint density at radius 3 is 2.56 bits per heavy atom. The molecule has 0 saturated carbocycles. The minimum Gasteiger partial charge on any atom is -0.479 e. The second kappa shape index (κ2) is 8.13. The van der Waals surface area contributed by atoms with Gasteiger partial charge in [-0.05, 0) is 12.1 Å².